The van der Waals surface area contributed by atoms with Crippen LogP contribution >= 0.6 is 0 Å². The third-order valence-electron chi connectivity index (χ3n) is 2.69. The van der Waals surface area contributed by atoms with E-state index in [1.165, 1.54) is 0 Å². The second-order valence-electron chi connectivity index (χ2n) is 3.82. The number of rotatable bonds is 4. The van der Waals surface area contributed by atoms with Crippen LogP contribution in [0.1, 0.15) is 6.92 Å². The van der Waals surface area contributed by atoms with E-state index in [1.807, 2.05) is 12.1 Å². The van der Waals surface area contributed by atoms with Crippen molar-refractivity contribution in [2.24, 2.45) is 0 Å². The number of likely N-dealkylation sites (N-methyl/N-ethyl adjacent to an activating group) is 1. The Balaban J connectivity index is 1.94. The van der Waals surface area contributed by atoms with Gasteiger partial charge in [0.1, 0.15) is 0 Å². The van der Waals surface area contributed by atoms with E-state index in [9.17, 15) is 0 Å². The Morgan fingerprint density at radius 2 is 2.56 bits per heavy atom. The Hall–Kier alpha value is -1.20. The molecule has 1 saturated heterocycles. The van der Waals surface area contributed by atoms with E-state index in [1.54, 1.807) is 6.20 Å². The fourth-order valence-corrected chi connectivity index (χ4v) is 1.83. The second kappa shape index (κ2) is 5.77. The summed E-state index contributed by atoms with van der Waals surface area (Å²) in [5.74, 6) is 0.916. The highest BCUT2D eigenvalue weighted by atomic mass is 16.5. The van der Waals surface area contributed by atoms with Crippen LogP contribution in [-0.4, -0.2) is 49.1 Å². The molecule has 0 unspecified atom stereocenters. The van der Waals surface area contributed by atoms with Crippen molar-refractivity contribution in [3.05, 3.63) is 18.3 Å². The molecule has 0 aliphatic carbocycles. The summed E-state index contributed by atoms with van der Waals surface area (Å²) in [5.41, 5.74) is 0. The standard InChI is InChI=1S/C11H18N4O/c1-2-15(11-4-3-5-13-14-11)9-10-8-12-6-7-16-10/h3-5,10,12H,2,6-9H2,1H3/t10-/m1/s1. The first kappa shape index (κ1) is 11.3. The van der Waals surface area contributed by atoms with E-state index < -0.39 is 0 Å². The predicted molar refractivity (Wildman–Crippen MR) is 62.5 cm³/mol. The summed E-state index contributed by atoms with van der Waals surface area (Å²) in [6.45, 7) is 6.55. The summed E-state index contributed by atoms with van der Waals surface area (Å²) in [6, 6.07) is 3.89. The molecule has 1 atom stereocenters. The fraction of sp³-hybridized carbons (Fsp3) is 0.636. The minimum absolute atomic E-state index is 0.246. The van der Waals surface area contributed by atoms with Crippen molar-refractivity contribution >= 4 is 5.82 Å². The average Bonchev–Trinajstić information content (AvgIpc) is 2.38. The van der Waals surface area contributed by atoms with Gasteiger partial charge in [-0.25, -0.2) is 0 Å². The van der Waals surface area contributed by atoms with Crippen molar-refractivity contribution in [3.8, 4) is 0 Å². The number of nitrogens with zero attached hydrogens (tertiary/aromatic N) is 3. The van der Waals surface area contributed by atoms with Gasteiger partial charge in [0.05, 0.1) is 12.7 Å². The van der Waals surface area contributed by atoms with Gasteiger partial charge in [-0.1, -0.05) is 0 Å². The van der Waals surface area contributed by atoms with Crippen molar-refractivity contribution in [2.75, 3.05) is 37.7 Å². The van der Waals surface area contributed by atoms with Gasteiger partial charge in [-0.3, -0.25) is 0 Å². The van der Waals surface area contributed by atoms with Gasteiger partial charge in [0.2, 0.25) is 0 Å². The van der Waals surface area contributed by atoms with Crippen LogP contribution in [0, 0.1) is 0 Å². The topological polar surface area (TPSA) is 50.3 Å². The normalized spacial score (nSPS) is 20.7. The van der Waals surface area contributed by atoms with Crippen molar-refractivity contribution < 1.29 is 4.74 Å². The van der Waals surface area contributed by atoms with Crippen LogP contribution in [0.5, 0.6) is 0 Å². The third kappa shape index (κ3) is 2.90. The van der Waals surface area contributed by atoms with E-state index in [-0.39, 0.29) is 6.10 Å². The van der Waals surface area contributed by atoms with Gasteiger partial charge in [0, 0.05) is 32.4 Å². The molecule has 5 heteroatoms. The molecule has 1 fully saturated rings. The average molecular weight is 222 g/mol. The largest absolute Gasteiger partial charge is 0.374 e. The SMILES string of the molecule is CCN(C[C@H]1CNCCO1)c1cccnn1. The minimum Gasteiger partial charge on any atom is -0.374 e. The molecular weight excluding hydrogens is 204 g/mol. The molecular formula is C11H18N4O. The highest BCUT2D eigenvalue weighted by molar-refractivity contribution is 5.36. The molecule has 2 rings (SSSR count). The van der Waals surface area contributed by atoms with Crippen LogP contribution < -0.4 is 10.2 Å². The first-order valence-electron chi connectivity index (χ1n) is 5.75. The quantitative estimate of drug-likeness (QED) is 0.793. The minimum atomic E-state index is 0.246. The zero-order chi connectivity index (χ0) is 11.2. The Morgan fingerprint density at radius 1 is 1.62 bits per heavy atom. The Labute approximate surface area is 95.8 Å². The molecule has 1 N–H and O–H groups in total. The third-order valence-corrected chi connectivity index (χ3v) is 2.69. The van der Waals surface area contributed by atoms with Gasteiger partial charge >= 0.3 is 0 Å². The molecule has 0 aromatic carbocycles. The first-order valence-corrected chi connectivity index (χ1v) is 5.75. The van der Waals surface area contributed by atoms with Crippen molar-refractivity contribution in [1.29, 1.82) is 0 Å². The molecule has 0 bridgehead atoms. The Kier molecular flexibility index (Phi) is 4.07. The zero-order valence-corrected chi connectivity index (χ0v) is 9.59. The molecule has 0 spiro atoms. The van der Waals surface area contributed by atoms with E-state index in [2.05, 4.69) is 27.3 Å². The molecule has 1 aliphatic heterocycles. The van der Waals surface area contributed by atoms with Gasteiger partial charge in [0.15, 0.2) is 5.82 Å². The van der Waals surface area contributed by atoms with Crippen LogP contribution in [0.15, 0.2) is 18.3 Å². The number of hydrogen-bond donors (Lipinski definition) is 1. The summed E-state index contributed by atoms with van der Waals surface area (Å²) in [5, 5.41) is 11.3. The highest BCUT2D eigenvalue weighted by Crippen LogP contribution is 2.09. The molecule has 0 saturated carbocycles. The highest BCUT2D eigenvalue weighted by Gasteiger charge is 2.17. The van der Waals surface area contributed by atoms with Crippen molar-refractivity contribution in [1.82, 2.24) is 15.5 Å². The van der Waals surface area contributed by atoms with Crippen LogP contribution in [0.25, 0.3) is 0 Å². The molecule has 0 radical (unpaired) electrons. The lowest BCUT2D eigenvalue weighted by Crippen LogP contribution is -2.45. The fourth-order valence-electron chi connectivity index (χ4n) is 1.83. The van der Waals surface area contributed by atoms with Crippen molar-refractivity contribution in [2.45, 2.75) is 13.0 Å². The lowest BCUT2D eigenvalue weighted by atomic mass is 10.2. The number of hydrogen-bond acceptors (Lipinski definition) is 5. The maximum Gasteiger partial charge on any atom is 0.151 e. The number of nitrogens with one attached hydrogen (secondary N) is 1. The lowest BCUT2D eigenvalue weighted by Gasteiger charge is -2.29. The van der Waals surface area contributed by atoms with Crippen LogP contribution in [-0.2, 0) is 4.74 Å². The molecule has 0 amide bonds. The van der Waals surface area contributed by atoms with E-state index >= 15 is 0 Å². The maximum atomic E-state index is 5.68. The summed E-state index contributed by atoms with van der Waals surface area (Å²) in [4.78, 5) is 2.19. The monoisotopic (exact) mass is 222 g/mol. The predicted octanol–water partition coefficient (Wildman–Crippen LogP) is 0.291. The molecule has 2 heterocycles. The smallest absolute Gasteiger partial charge is 0.151 e. The number of aromatic nitrogens is 2. The van der Waals surface area contributed by atoms with Crippen LogP contribution in [0.3, 0.4) is 0 Å². The van der Waals surface area contributed by atoms with Gasteiger partial charge in [-0.15, -0.1) is 5.10 Å². The van der Waals surface area contributed by atoms with E-state index in [0.717, 1.165) is 38.6 Å². The number of anilines is 1. The Bertz CT molecular complexity index is 300. The summed E-state index contributed by atoms with van der Waals surface area (Å²) in [6.07, 6.45) is 1.94. The zero-order valence-electron chi connectivity index (χ0n) is 9.59. The number of ether oxygens (including phenoxy) is 1. The van der Waals surface area contributed by atoms with Crippen LogP contribution in [0.4, 0.5) is 5.82 Å². The lowest BCUT2D eigenvalue weighted by molar-refractivity contribution is 0.0334. The first-order chi connectivity index (χ1) is 7.90. The van der Waals surface area contributed by atoms with Gasteiger partial charge in [-0.2, -0.15) is 5.10 Å². The molecule has 1 aromatic heterocycles. The summed E-state index contributed by atoms with van der Waals surface area (Å²) in [7, 11) is 0. The van der Waals surface area contributed by atoms with Gasteiger partial charge < -0.3 is 15.0 Å². The molecule has 88 valence electrons. The van der Waals surface area contributed by atoms with E-state index in [4.69, 9.17) is 4.74 Å². The molecule has 1 aliphatic rings. The maximum absolute atomic E-state index is 5.68. The van der Waals surface area contributed by atoms with Gasteiger partial charge in [0.25, 0.3) is 0 Å². The molecule has 5 nitrogen and oxygen atoms in total. The second-order valence-corrected chi connectivity index (χ2v) is 3.82. The van der Waals surface area contributed by atoms with E-state index in [0.29, 0.717) is 0 Å². The van der Waals surface area contributed by atoms with Crippen molar-refractivity contribution in [3.63, 3.8) is 0 Å². The molecule has 1 aromatic rings. The number of morpholine rings is 1. The summed E-state index contributed by atoms with van der Waals surface area (Å²) >= 11 is 0. The Morgan fingerprint density at radius 3 is 3.19 bits per heavy atom. The van der Waals surface area contributed by atoms with Crippen LogP contribution in [0.2, 0.25) is 0 Å². The molecule has 16 heavy (non-hydrogen) atoms. The van der Waals surface area contributed by atoms with Gasteiger partial charge in [-0.05, 0) is 19.1 Å². The summed E-state index contributed by atoms with van der Waals surface area (Å²) < 4.78 is 5.68.